The molecule has 1 saturated carbocycles. The molecule has 1 aliphatic rings. The summed E-state index contributed by atoms with van der Waals surface area (Å²) in [6.07, 6.45) is 6.68. The maximum Gasteiger partial charge on any atom is 0.338 e. The lowest BCUT2D eigenvalue weighted by atomic mass is 10.1. The molecular formula is C21H31N3O4. The van der Waals surface area contributed by atoms with E-state index in [2.05, 4.69) is 16.0 Å². The van der Waals surface area contributed by atoms with Gasteiger partial charge in [0.2, 0.25) is 0 Å². The number of carbonyl (C=O) groups is 3. The van der Waals surface area contributed by atoms with Crippen LogP contribution in [-0.2, 0) is 16.1 Å². The molecule has 1 aromatic rings. The Hall–Kier alpha value is -2.57. The molecular weight excluding hydrogens is 358 g/mol. The minimum Gasteiger partial charge on any atom is -0.452 e. The summed E-state index contributed by atoms with van der Waals surface area (Å²) < 4.78 is 5.11. The van der Waals surface area contributed by atoms with Crippen molar-refractivity contribution in [3.05, 3.63) is 35.4 Å². The number of amides is 3. The number of esters is 1. The van der Waals surface area contributed by atoms with Gasteiger partial charge in [-0.3, -0.25) is 4.79 Å². The lowest BCUT2D eigenvalue weighted by Crippen LogP contribution is -2.39. The Labute approximate surface area is 166 Å². The van der Waals surface area contributed by atoms with E-state index < -0.39 is 5.97 Å². The lowest BCUT2D eigenvalue weighted by molar-refractivity contribution is -0.125. The van der Waals surface area contributed by atoms with E-state index >= 15 is 0 Å². The van der Waals surface area contributed by atoms with Crippen LogP contribution in [0.15, 0.2) is 24.3 Å². The summed E-state index contributed by atoms with van der Waals surface area (Å²) in [5.74, 6) is -0.787. The number of carbonyl (C=O) groups excluding carboxylic acids is 3. The molecule has 1 aliphatic carbocycles. The minimum absolute atomic E-state index is 0.0666. The van der Waals surface area contributed by atoms with E-state index in [9.17, 15) is 14.4 Å². The fourth-order valence-electron chi connectivity index (χ4n) is 3.16. The zero-order valence-corrected chi connectivity index (χ0v) is 16.8. The standard InChI is InChI=1S/C21H31N3O4/c1-15(2)23-21(27)22-13-16-9-11-17(12-10-16)20(26)28-14-19(25)24-18-7-5-3-4-6-8-18/h9-12,15,18H,3-8,13-14H2,1-2H3,(H,24,25)(H2,22,23,27). The van der Waals surface area contributed by atoms with Crippen molar-refractivity contribution in [3.8, 4) is 0 Å². The Morgan fingerprint density at radius 2 is 1.68 bits per heavy atom. The number of hydrogen-bond acceptors (Lipinski definition) is 4. The van der Waals surface area contributed by atoms with E-state index in [-0.39, 0.29) is 30.6 Å². The minimum atomic E-state index is -0.534. The van der Waals surface area contributed by atoms with Crippen LogP contribution < -0.4 is 16.0 Å². The predicted octanol–water partition coefficient (Wildman–Crippen LogP) is 2.89. The third-order valence-electron chi connectivity index (χ3n) is 4.62. The average Bonchev–Trinajstić information content (AvgIpc) is 2.93. The van der Waals surface area contributed by atoms with Crippen molar-refractivity contribution in [1.82, 2.24) is 16.0 Å². The number of hydrogen-bond donors (Lipinski definition) is 3. The van der Waals surface area contributed by atoms with Crippen molar-refractivity contribution < 1.29 is 19.1 Å². The molecule has 7 heteroatoms. The molecule has 1 aromatic carbocycles. The molecule has 28 heavy (non-hydrogen) atoms. The summed E-state index contributed by atoms with van der Waals surface area (Å²) in [4.78, 5) is 35.7. The van der Waals surface area contributed by atoms with Crippen LogP contribution in [0.3, 0.4) is 0 Å². The van der Waals surface area contributed by atoms with E-state index in [1.165, 1.54) is 12.8 Å². The molecule has 0 aromatic heterocycles. The second kappa shape index (κ2) is 11.3. The lowest BCUT2D eigenvalue weighted by Gasteiger charge is -2.16. The van der Waals surface area contributed by atoms with Gasteiger partial charge in [0.25, 0.3) is 5.91 Å². The Morgan fingerprint density at radius 3 is 2.29 bits per heavy atom. The van der Waals surface area contributed by atoms with Crippen LogP contribution >= 0.6 is 0 Å². The molecule has 1 fully saturated rings. The normalized spacial score (nSPS) is 14.8. The zero-order valence-electron chi connectivity index (χ0n) is 16.8. The maximum absolute atomic E-state index is 12.1. The molecule has 0 radical (unpaired) electrons. The molecule has 0 atom stereocenters. The fourth-order valence-corrected chi connectivity index (χ4v) is 3.16. The molecule has 0 spiro atoms. The fraction of sp³-hybridized carbons (Fsp3) is 0.571. The van der Waals surface area contributed by atoms with Crippen LogP contribution in [-0.4, -0.2) is 36.6 Å². The average molecular weight is 389 g/mol. The van der Waals surface area contributed by atoms with E-state index in [0.717, 1.165) is 31.2 Å². The highest BCUT2D eigenvalue weighted by atomic mass is 16.5. The van der Waals surface area contributed by atoms with Gasteiger partial charge in [0.1, 0.15) is 0 Å². The summed E-state index contributed by atoms with van der Waals surface area (Å²) >= 11 is 0. The van der Waals surface area contributed by atoms with Crippen molar-refractivity contribution in [1.29, 1.82) is 0 Å². The van der Waals surface area contributed by atoms with Gasteiger partial charge in [0.15, 0.2) is 6.61 Å². The van der Waals surface area contributed by atoms with Gasteiger partial charge >= 0.3 is 12.0 Å². The molecule has 154 valence electrons. The molecule has 0 aliphatic heterocycles. The second-order valence-electron chi connectivity index (χ2n) is 7.51. The largest absolute Gasteiger partial charge is 0.452 e. The monoisotopic (exact) mass is 389 g/mol. The smallest absolute Gasteiger partial charge is 0.338 e. The zero-order chi connectivity index (χ0) is 20.4. The number of benzene rings is 1. The van der Waals surface area contributed by atoms with E-state index in [0.29, 0.717) is 12.1 Å². The Bertz CT molecular complexity index is 650. The third kappa shape index (κ3) is 7.98. The van der Waals surface area contributed by atoms with Gasteiger partial charge in [-0.2, -0.15) is 0 Å². The maximum atomic E-state index is 12.1. The van der Waals surface area contributed by atoms with Crippen LogP contribution in [0.1, 0.15) is 68.3 Å². The summed E-state index contributed by atoms with van der Waals surface area (Å²) in [6.45, 7) is 3.86. The van der Waals surface area contributed by atoms with Gasteiger partial charge < -0.3 is 20.7 Å². The molecule has 0 heterocycles. The van der Waals surface area contributed by atoms with Crippen LogP contribution in [0, 0.1) is 0 Å². The molecule has 0 bridgehead atoms. The van der Waals surface area contributed by atoms with Gasteiger partial charge in [0, 0.05) is 18.6 Å². The predicted molar refractivity (Wildman–Crippen MR) is 107 cm³/mol. The second-order valence-corrected chi connectivity index (χ2v) is 7.51. The Morgan fingerprint density at radius 1 is 1.04 bits per heavy atom. The van der Waals surface area contributed by atoms with Crippen LogP contribution in [0.5, 0.6) is 0 Å². The molecule has 0 saturated heterocycles. The van der Waals surface area contributed by atoms with E-state index in [4.69, 9.17) is 4.74 Å². The van der Waals surface area contributed by atoms with Gasteiger partial charge in [-0.1, -0.05) is 37.8 Å². The quantitative estimate of drug-likeness (QED) is 0.493. The molecule has 3 N–H and O–H groups in total. The van der Waals surface area contributed by atoms with Crippen molar-refractivity contribution in [3.63, 3.8) is 0 Å². The SMILES string of the molecule is CC(C)NC(=O)NCc1ccc(C(=O)OCC(=O)NC2CCCCCC2)cc1. The van der Waals surface area contributed by atoms with Crippen molar-refractivity contribution >= 4 is 17.9 Å². The third-order valence-corrected chi connectivity index (χ3v) is 4.62. The van der Waals surface area contributed by atoms with Crippen molar-refractivity contribution in [2.24, 2.45) is 0 Å². The van der Waals surface area contributed by atoms with Crippen molar-refractivity contribution in [2.75, 3.05) is 6.61 Å². The summed E-state index contributed by atoms with van der Waals surface area (Å²) in [5.41, 5.74) is 1.24. The Kier molecular flexibility index (Phi) is 8.78. The summed E-state index contributed by atoms with van der Waals surface area (Å²) in [7, 11) is 0. The first-order valence-electron chi connectivity index (χ1n) is 10.0. The first kappa shape index (κ1) is 21.7. The molecule has 7 nitrogen and oxygen atoms in total. The molecule has 3 amide bonds. The first-order chi connectivity index (χ1) is 13.4. The van der Waals surface area contributed by atoms with Crippen molar-refractivity contribution in [2.45, 2.75) is 71.0 Å². The highest BCUT2D eigenvalue weighted by Crippen LogP contribution is 2.17. The van der Waals surface area contributed by atoms with Gasteiger partial charge in [-0.25, -0.2) is 9.59 Å². The highest BCUT2D eigenvalue weighted by molar-refractivity contribution is 5.91. The topological polar surface area (TPSA) is 96.5 Å². The van der Waals surface area contributed by atoms with Gasteiger partial charge in [-0.05, 0) is 44.4 Å². The number of nitrogens with one attached hydrogen (secondary N) is 3. The first-order valence-corrected chi connectivity index (χ1v) is 10.0. The van der Waals surface area contributed by atoms with Gasteiger partial charge in [-0.15, -0.1) is 0 Å². The Balaban J connectivity index is 1.73. The van der Waals surface area contributed by atoms with Crippen LogP contribution in [0.25, 0.3) is 0 Å². The summed E-state index contributed by atoms with van der Waals surface area (Å²) in [5, 5.41) is 8.44. The van der Waals surface area contributed by atoms with E-state index in [1.54, 1.807) is 24.3 Å². The van der Waals surface area contributed by atoms with E-state index in [1.807, 2.05) is 13.8 Å². The van der Waals surface area contributed by atoms with Crippen LogP contribution in [0.4, 0.5) is 4.79 Å². The molecule has 0 unspecified atom stereocenters. The number of urea groups is 1. The molecule has 2 rings (SSSR count). The number of ether oxygens (including phenoxy) is 1. The highest BCUT2D eigenvalue weighted by Gasteiger charge is 2.16. The van der Waals surface area contributed by atoms with Gasteiger partial charge in [0.05, 0.1) is 5.56 Å². The summed E-state index contributed by atoms with van der Waals surface area (Å²) in [6, 6.07) is 6.77. The van der Waals surface area contributed by atoms with Crippen LogP contribution in [0.2, 0.25) is 0 Å². The number of rotatable bonds is 7.